The van der Waals surface area contributed by atoms with Crippen LogP contribution in [0.1, 0.15) is 24.8 Å². The van der Waals surface area contributed by atoms with Gasteiger partial charge in [-0.1, -0.05) is 30.3 Å². The minimum Gasteiger partial charge on any atom is -0.326 e. The van der Waals surface area contributed by atoms with E-state index in [0.29, 0.717) is 6.42 Å². The minimum atomic E-state index is 0.120. The van der Waals surface area contributed by atoms with Crippen LogP contribution in [0, 0.1) is 12.3 Å². The van der Waals surface area contributed by atoms with E-state index in [1.807, 2.05) is 6.07 Å². The standard InChI is InChI=1S/C13H15N/c1-2-6-12(14)13(9-10-13)11-7-4-3-5-8-11/h1,3-5,7-8,12H,6,9-10,14H2. The third-order valence-corrected chi connectivity index (χ3v) is 3.18. The van der Waals surface area contributed by atoms with Crippen LogP contribution in [-0.2, 0) is 5.41 Å². The van der Waals surface area contributed by atoms with Crippen LogP contribution >= 0.6 is 0 Å². The van der Waals surface area contributed by atoms with Gasteiger partial charge in [-0.2, -0.15) is 0 Å². The molecule has 0 aromatic heterocycles. The summed E-state index contributed by atoms with van der Waals surface area (Å²) in [5, 5.41) is 0. The summed E-state index contributed by atoms with van der Waals surface area (Å²) >= 11 is 0. The SMILES string of the molecule is C#CCC(N)C1(c2ccccc2)CC1. The van der Waals surface area contributed by atoms with Crippen molar-refractivity contribution in [1.29, 1.82) is 0 Å². The molecule has 2 N–H and O–H groups in total. The number of terminal acetylenes is 1. The van der Waals surface area contributed by atoms with Gasteiger partial charge in [-0.15, -0.1) is 12.3 Å². The van der Waals surface area contributed by atoms with Gasteiger partial charge >= 0.3 is 0 Å². The molecule has 1 aromatic rings. The van der Waals surface area contributed by atoms with Crippen LogP contribution in [0.5, 0.6) is 0 Å². The Morgan fingerprint density at radius 1 is 1.36 bits per heavy atom. The molecule has 1 unspecified atom stereocenters. The second-order valence-corrected chi connectivity index (χ2v) is 4.04. The van der Waals surface area contributed by atoms with Crippen LogP contribution < -0.4 is 5.73 Å². The average molecular weight is 185 g/mol. The summed E-state index contributed by atoms with van der Waals surface area (Å²) in [6.45, 7) is 0. The molecule has 0 spiro atoms. The molecule has 72 valence electrons. The van der Waals surface area contributed by atoms with Crippen molar-refractivity contribution in [2.45, 2.75) is 30.7 Å². The van der Waals surface area contributed by atoms with E-state index in [-0.39, 0.29) is 11.5 Å². The molecule has 2 rings (SSSR count). The van der Waals surface area contributed by atoms with Crippen molar-refractivity contribution >= 4 is 0 Å². The van der Waals surface area contributed by atoms with Crippen LogP contribution in [0.15, 0.2) is 30.3 Å². The van der Waals surface area contributed by atoms with E-state index in [1.54, 1.807) is 0 Å². The van der Waals surface area contributed by atoms with Crippen molar-refractivity contribution < 1.29 is 0 Å². The van der Waals surface area contributed by atoms with E-state index in [0.717, 1.165) is 0 Å². The molecular formula is C13H15N. The normalized spacial score (nSPS) is 19.7. The fourth-order valence-electron chi connectivity index (χ4n) is 2.10. The van der Waals surface area contributed by atoms with Crippen LogP contribution in [0.2, 0.25) is 0 Å². The summed E-state index contributed by atoms with van der Waals surface area (Å²) in [5.41, 5.74) is 7.65. The fourth-order valence-corrected chi connectivity index (χ4v) is 2.10. The lowest BCUT2D eigenvalue weighted by Crippen LogP contribution is -2.34. The predicted octanol–water partition coefficient (Wildman–Crippen LogP) is 2.07. The highest BCUT2D eigenvalue weighted by molar-refractivity contribution is 5.34. The Kier molecular flexibility index (Phi) is 2.31. The lowest BCUT2D eigenvalue weighted by atomic mass is 9.87. The Hall–Kier alpha value is -1.26. The molecule has 0 radical (unpaired) electrons. The molecule has 1 saturated carbocycles. The lowest BCUT2D eigenvalue weighted by molar-refractivity contribution is 0.527. The predicted molar refractivity (Wildman–Crippen MR) is 58.8 cm³/mol. The van der Waals surface area contributed by atoms with Gasteiger partial charge in [0.25, 0.3) is 0 Å². The first-order chi connectivity index (χ1) is 6.79. The molecule has 1 aromatic carbocycles. The molecular weight excluding hydrogens is 170 g/mol. The van der Waals surface area contributed by atoms with Gasteiger partial charge in [-0.3, -0.25) is 0 Å². The van der Waals surface area contributed by atoms with E-state index in [2.05, 4.69) is 30.2 Å². The minimum absolute atomic E-state index is 0.120. The molecule has 1 fully saturated rings. The van der Waals surface area contributed by atoms with Crippen molar-refractivity contribution in [3.63, 3.8) is 0 Å². The largest absolute Gasteiger partial charge is 0.326 e. The molecule has 0 heterocycles. The summed E-state index contributed by atoms with van der Waals surface area (Å²) in [4.78, 5) is 0. The molecule has 1 heteroatoms. The van der Waals surface area contributed by atoms with Crippen LogP contribution in [0.25, 0.3) is 0 Å². The highest BCUT2D eigenvalue weighted by Gasteiger charge is 2.48. The van der Waals surface area contributed by atoms with Crippen molar-refractivity contribution in [3.05, 3.63) is 35.9 Å². The Morgan fingerprint density at radius 2 is 2.00 bits per heavy atom. The maximum absolute atomic E-state index is 6.11. The average Bonchev–Trinajstić information content (AvgIpc) is 3.00. The molecule has 0 saturated heterocycles. The van der Waals surface area contributed by atoms with E-state index < -0.39 is 0 Å². The van der Waals surface area contributed by atoms with Gasteiger partial charge < -0.3 is 5.73 Å². The molecule has 1 nitrogen and oxygen atoms in total. The topological polar surface area (TPSA) is 26.0 Å². The Bertz CT molecular complexity index is 343. The van der Waals surface area contributed by atoms with Crippen molar-refractivity contribution in [2.75, 3.05) is 0 Å². The Balaban J connectivity index is 2.22. The summed E-state index contributed by atoms with van der Waals surface area (Å²) in [5.74, 6) is 2.66. The van der Waals surface area contributed by atoms with Gasteiger partial charge in [0.2, 0.25) is 0 Å². The number of benzene rings is 1. The zero-order valence-electron chi connectivity index (χ0n) is 8.24. The second-order valence-electron chi connectivity index (χ2n) is 4.04. The molecule has 1 atom stereocenters. The first-order valence-corrected chi connectivity index (χ1v) is 5.04. The number of rotatable bonds is 3. The maximum atomic E-state index is 6.11. The fraction of sp³-hybridized carbons (Fsp3) is 0.385. The number of hydrogen-bond acceptors (Lipinski definition) is 1. The summed E-state index contributed by atoms with van der Waals surface area (Å²) in [6, 6.07) is 10.6. The van der Waals surface area contributed by atoms with Crippen LogP contribution in [-0.4, -0.2) is 6.04 Å². The summed E-state index contributed by atoms with van der Waals surface area (Å²) < 4.78 is 0. The number of nitrogens with two attached hydrogens (primary N) is 1. The smallest absolute Gasteiger partial charge is 0.0247 e. The van der Waals surface area contributed by atoms with E-state index in [1.165, 1.54) is 18.4 Å². The Morgan fingerprint density at radius 3 is 2.50 bits per heavy atom. The molecule has 1 aliphatic rings. The van der Waals surface area contributed by atoms with Gasteiger partial charge in [0.05, 0.1) is 0 Å². The lowest BCUT2D eigenvalue weighted by Gasteiger charge is -2.21. The highest BCUT2D eigenvalue weighted by atomic mass is 14.7. The van der Waals surface area contributed by atoms with E-state index in [9.17, 15) is 0 Å². The molecule has 14 heavy (non-hydrogen) atoms. The van der Waals surface area contributed by atoms with E-state index in [4.69, 9.17) is 12.2 Å². The van der Waals surface area contributed by atoms with Gasteiger partial charge in [0.15, 0.2) is 0 Å². The van der Waals surface area contributed by atoms with Crippen LogP contribution in [0.4, 0.5) is 0 Å². The number of hydrogen-bond donors (Lipinski definition) is 1. The van der Waals surface area contributed by atoms with Gasteiger partial charge in [0, 0.05) is 17.9 Å². The Labute approximate surface area is 85.3 Å². The summed E-state index contributed by atoms with van der Waals surface area (Å²) in [6.07, 6.45) is 8.34. The molecule has 0 amide bonds. The van der Waals surface area contributed by atoms with Crippen LogP contribution in [0.3, 0.4) is 0 Å². The maximum Gasteiger partial charge on any atom is 0.0247 e. The molecule has 1 aliphatic carbocycles. The van der Waals surface area contributed by atoms with Crippen molar-refractivity contribution in [1.82, 2.24) is 0 Å². The van der Waals surface area contributed by atoms with Gasteiger partial charge in [-0.25, -0.2) is 0 Å². The van der Waals surface area contributed by atoms with Gasteiger partial charge in [-0.05, 0) is 18.4 Å². The summed E-state index contributed by atoms with van der Waals surface area (Å²) in [7, 11) is 0. The highest BCUT2D eigenvalue weighted by Crippen LogP contribution is 2.50. The third-order valence-electron chi connectivity index (χ3n) is 3.18. The molecule has 0 bridgehead atoms. The third kappa shape index (κ3) is 1.42. The first-order valence-electron chi connectivity index (χ1n) is 5.04. The van der Waals surface area contributed by atoms with Gasteiger partial charge in [0.1, 0.15) is 0 Å². The first kappa shape index (κ1) is 9.30. The molecule has 0 aliphatic heterocycles. The zero-order chi connectivity index (χ0) is 10.0. The zero-order valence-corrected chi connectivity index (χ0v) is 8.24. The van der Waals surface area contributed by atoms with Crippen molar-refractivity contribution in [3.8, 4) is 12.3 Å². The second kappa shape index (κ2) is 3.48. The van der Waals surface area contributed by atoms with E-state index >= 15 is 0 Å². The van der Waals surface area contributed by atoms with Crippen molar-refractivity contribution in [2.24, 2.45) is 5.73 Å². The monoisotopic (exact) mass is 185 g/mol. The quantitative estimate of drug-likeness (QED) is 0.717.